The van der Waals surface area contributed by atoms with E-state index in [4.69, 9.17) is 4.74 Å². The minimum absolute atomic E-state index is 0.0360. The van der Waals surface area contributed by atoms with Gasteiger partial charge in [0.05, 0.1) is 13.2 Å². The fourth-order valence-corrected chi connectivity index (χ4v) is 2.94. The van der Waals surface area contributed by atoms with Crippen molar-refractivity contribution in [3.8, 4) is 5.75 Å². The Labute approximate surface area is 126 Å². The van der Waals surface area contributed by atoms with Crippen LogP contribution in [0.5, 0.6) is 5.75 Å². The summed E-state index contributed by atoms with van der Waals surface area (Å²) in [7, 11) is 3.61. The Morgan fingerprint density at radius 2 is 1.62 bits per heavy atom. The van der Waals surface area contributed by atoms with Gasteiger partial charge in [-0.05, 0) is 67.8 Å². The van der Waals surface area contributed by atoms with Crippen LogP contribution in [-0.4, -0.2) is 14.2 Å². The lowest BCUT2D eigenvalue weighted by atomic mass is 9.92. The molecule has 0 heterocycles. The van der Waals surface area contributed by atoms with Gasteiger partial charge in [0, 0.05) is 0 Å². The van der Waals surface area contributed by atoms with E-state index in [1.54, 1.807) is 13.2 Å². The predicted octanol–water partition coefficient (Wildman–Crippen LogP) is 4.07. The minimum atomic E-state index is -0.201. The molecule has 2 nitrogen and oxygen atoms in total. The standard InChI is InChI=1S/C18H22FNO/c1-11-10-15(19)6-7-16(11)17(20-4)14-8-12(2)18(21-5)13(3)9-14/h6-10,17,20H,1-5H3. The molecule has 2 aromatic rings. The van der Waals surface area contributed by atoms with Crippen molar-refractivity contribution in [2.75, 3.05) is 14.2 Å². The van der Waals surface area contributed by atoms with Gasteiger partial charge in [0.2, 0.25) is 0 Å². The molecule has 0 aromatic heterocycles. The fourth-order valence-electron chi connectivity index (χ4n) is 2.94. The molecule has 0 saturated heterocycles. The molecule has 0 fully saturated rings. The molecule has 0 amide bonds. The van der Waals surface area contributed by atoms with Gasteiger partial charge in [-0.3, -0.25) is 0 Å². The number of methoxy groups -OCH3 is 1. The van der Waals surface area contributed by atoms with Gasteiger partial charge in [-0.15, -0.1) is 0 Å². The first-order valence-corrected chi connectivity index (χ1v) is 7.06. The second kappa shape index (κ2) is 6.27. The summed E-state index contributed by atoms with van der Waals surface area (Å²) in [6.45, 7) is 6.02. The number of hydrogen-bond donors (Lipinski definition) is 1. The zero-order valence-corrected chi connectivity index (χ0v) is 13.3. The summed E-state index contributed by atoms with van der Waals surface area (Å²) in [5.74, 6) is 0.720. The molecule has 1 unspecified atom stereocenters. The van der Waals surface area contributed by atoms with Crippen molar-refractivity contribution in [3.05, 3.63) is 64.0 Å². The molecule has 112 valence electrons. The lowest BCUT2D eigenvalue weighted by Crippen LogP contribution is -2.19. The molecule has 0 aliphatic rings. The van der Waals surface area contributed by atoms with Crippen molar-refractivity contribution >= 4 is 0 Å². The van der Waals surface area contributed by atoms with Crippen molar-refractivity contribution in [2.24, 2.45) is 0 Å². The third-order valence-corrected chi connectivity index (χ3v) is 3.85. The number of halogens is 1. The van der Waals surface area contributed by atoms with Gasteiger partial charge in [-0.25, -0.2) is 4.39 Å². The minimum Gasteiger partial charge on any atom is -0.496 e. The highest BCUT2D eigenvalue weighted by Gasteiger charge is 2.17. The maximum absolute atomic E-state index is 13.3. The van der Waals surface area contributed by atoms with E-state index < -0.39 is 0 Å². The summed E-state index contributed by atoms with van der Waals surface area (Å²) < 4.78 is 18.7. The van der Waals surface area contributed by atoms with E-state index in [0.29, 0.717) is 0 Å². The average Bonchev–Trinajstić information content (AvgIpc) is 2.41. The van der Waals surface area contributed by atoms with Crippen molar-refractivity contribution in [1.29, 1.82) is 0 Å². The van der Waals surface area contributed by atoms with Crippen LogP contribution in [0.25, 0.3) is 0 Å². The molecule has 0 radical (unpaired) electrons. The monoisotopic (exact) mass is 287 g/mol. The van der Waals surface area contributed by atoms with E-state index in [9.17, 15) is 4.39 Å². The number of nitrogens with one attached hydrogen (secondary N) is 1. The van der Waals surface area contributed by atoms with Crippen LogP contribution in [0.2, 0.25) is 0 Å². The molecule has 0 spiro atoms. The molecular formula is C18H22FNO. The van der Waals surface area contributed by atoms with E-state index in [-0.39, 0.29) is 11.9 Å². The van der Waals surface area contributed by atoms with E-state index in [2.05, 4.69) is 17.4 Å². The molecule has 0 aliphatic carbocycles. The van der Waals surface area contributed by atoms with Gasteiger partial charge in [0.1, 0.15) is 11.6 Å². The Bertz CT molecular complexity index is 629. The average molecular weight is 287 g/mol. The first kappa shape index (κ1) is 15.5. The van der Waals surface area contributed by atoms with E-state index in [0.717, 1.165) is 33.6 Å². The molecule has 2 aromatic carbocycles. The zero-order chi connectivity index (χ0) is 15.6. The molecule has 2 rings (SSSR count). The van der Waals surface area contributed by atoms with Crippen molar-refractivity contribution < 1.29 is 9.13 Å². The van der Waals surface area contributed by atoms with Crippen LogP contribution in [0, 0.1) is 26.6 Å². The maximum Gasteiger partial charge on any atom is 0.124 e. The summed E-state index contributed by atoms with van der Waals surface area (Å²) in [6.07, 6.45) is 0. The summed E-state index contributed by atoms with van der Waals surface area (Å²) in [6, 6.07) is 9.21. The molecule has 0 bridgehead atoms. The Morgan fingerprint density at radius 1 is 1.00 bits per heavy atom. The van der Waals surface area contributed by atoms with Crippen LogP contribution < -0.4 is 10.1 Å². The molecule has 1 N–H and O–H groups in total. The summed E-state index contributed by atoms with van der Waals surface area (Å²) in [5.41, 5.74) is 5.39. The molecule has 0 aliphatic heterocycles. The SMILES string of the molecule is CNC(c1cc(C)c(OC)c(C)c1)c1ccc(F)cc1C. The topological polar surface area (TPSA) is 21.3 Å². The first-order chi connectivity index (χ1) is 9.97. The lowest BCUT2D eigenvalue weighted by Gasteiger charge is -2.21. The normalized spacial score (nSPS) is 12.3. The lowest BCUT2D eigenvalue weighted by molar-refractivity contribution is 0.408. The number of hydrogen-bond acceptors (Lipinski definition) is 2. The van der Waals surface area contributed by atoms with Gasteiger partial charge in [-0.2, -0.15) is 0 Å². The Balaban J connectivity index is 2.51. The number of benzene rings is 2. The number of aryl methyl sites for hydroxylation is 3. The predicted molar refractivity (Wildman–Crippen MR) is 84.5 cm³/mol. The smallest absolute Gasteiger partial charge is 0.124 e. The Hall–Kier alpha value is -1.87. The summed E-state index contributed by atoms with van der Waals surface area (Å²) >= 11 is 0. The van der Waals surface area contributed by atoms with E-state index >= 15 is 0 Å². The van der Waals surface area contributed by atoms with Crippen molar-refractivity contribution in [3.63, 3.8) is 0 Å². The van der Waals surface area contributed by atoms with Gasteiger partial charge >= 0.3 is 0 Å². The highest BCUT2D eigenvalue weighted by molar-refractivity contribution is 5.47. The highest BCUT2D eigenvalue weighted by atomic mass is 19.1. The summed E-state index contributed by atoms with van der Waals surface area (Å²) in [4.78, 5) is 0. The quantitative estimate of drug-likeness (QED) is 0.915. The molecule has 0 saturated carbocycles. The largest absolute Gasteiger partial charge is 0.496 e. The van der Waals surface area contributed by atoms with Crippen molar-refractivity contribution in [2.45, 2.75) is 26.8 Å². The molecule has 21 heavy (non-hydrogen) atoms. The zero-order valence-electron chi connectivity index (χ0n) is 13.3. The Kier molecular flexibility index (Phi) is 4.63. The van der Waals surface area contributed by atoms with E-state index in [1.165, 1.54) is 6.07 Å². The van der Waals surface area contributed by atoms with Gasteiger partial charge in [0.25, 0.3) is 0 Å². The van der Waals surface area contributed by atoms with Crippen LogP contribution in [0.15, 0.2) is 30.3 Å². The van der Waals surface area contributed by atoms with Crippen molar-refractivity contribution in [1.82, 2.24) is 5.32 Å². The van der Waals surface area contributed by atoms with E-state index in [1.807, 2.05) is 33.9 Å². The van der Waals surface area contributed by atoms with Gasteiger partial charge < -0.3 is 10.1 Å². The van der Waals surface area contributed by atoms with Crippen LogP contribution in [0.1, 0.15) is 33.9 Å². The number of ether oxygens (including phenoxy) is 1. The van der Waals surface area contributed by atoms with Crippen LogP contribution >= 0.6 is 0 Å². The van der Waals surface area contributed by atoms with Gasteiger partial charge in [0.15, 0.2) is 0 Å². The third-order valence-electron chi connectivity index (χ3n) is 3.85. The highest BCUT2D eigenvalue weighted by Crippen LogP contribution is 2.31. The second-order valence-corrected chi connectivity index (χ2v) is 5.41. The number of rotatable bonds is 4. The van der Waals surface area contributed by atoms with Crippen LogP contribution in [0.3, 0.4) is 0 Å². The Morgan fingerprint density at radius 3 is 2.10 bits per heavy atom. The molecular weight excluding hydrogens is 265 g/mol. The molecule has 3 heteroatoms. The maximum atomic E-state index is 13.3. The van der Waals surface area contributed by atoms with Crippen LogP contribution in [-0.2, 0) is 0 Å². The third kappa shape index (κ3) is 3.08. The second-order valence-electron chi connectivity index (χ2n) is 5.41. The van der Waals surface area contributed by atoms with Crippen LogP contribution in [0.4, 0.5) is 4.39 Å². The summed E-state index contributed by atoms with van der Waals surface area (Å²) in [5, 5.41) is 3.32. The molecule has 1 atom stereocenters. The first-order valence-electron chi connectivity index (χ1n) is 7.06. The fraction of sp³-hybridized carbons (Fsp3) is 0.333. The van der Waals surface area contributed by atoms with Gasteiger partial charge in [-0.1, -0.05) is 18.2 Å².